The SMILES string of the molecule is CC(C)OC(=O)OCCF. The van der Waals surface area contributed by atoms with Gasteiger partial charge in [0.1, 0.15) is 13.3 Å². The number of alkyl halides is 1. The molecule has 0 saturated carbocycles. The molecule has 0 bridgehead atoms. The number of rotatable bonds is 3. The summed E-state index contributed by atoms with van der Waals surface area (Å²) in [7, 11) is 0. The van der Waals surface area contributed by atoms with Gasteiger partial charge in [0.2, 0.25) is 0 Å². The highest BCUT2D eigenvalue weighted by Crippen LogP contribution is 1.91. The highest BCUT2D eigenvalue weighted by molar-refractivity contribution is 5.59. The van der Waals surface area contributed by atoms with Gasteiger partial charge in [-0.3, -0.25) is 0 Å². The fourth-order valence-corrected chi connectivity index (χ4v) is 0.348. The van der Waals surface area contributed by atoms with E-state index in [4.69, 9.17) is 0 Å². The Bertz CT molecular complexity index is 103. The van der Waals surface area contributed by atoms with Crippen LogP contribution < -0.4 is 0 Å². The Morgan fingerprint density at radius 3 is 2.60 bits per heavy atom. The van der Waals surface area contributed by atoms with E-state index in [1.807, 2.05) is 0 Å². The molecule has 3 nitrogen and oxygen atoms in total. The molecule has 0 rings (SSSR count). The van der Waals surface area contributed by atoms with Gasteiger partial charge in [0, 0.05) is 0 Å². The van der Waals surface area contributed by atoms with Crippen molar-refractivity contribution in [2.24, 2.45) is 0 Å². The molecule has 0 aliphatic carbocycles. The standard InChI is InChI=1S/C6H11FO3/c1-5(2)10-6(8)9-4-3-7/h5H,3-4H2,1-2H3. The van der Waals surface area contributed by atoms with Gasteiger partial charge in [0.25, 0.3) is 0 Å². The number of carbonyl (C=O) groups excluding carboxylic acids is 1. The third kappa shape index (κ3) is 5.34. The Labute approximate surface area is 59.1 Å². The van der Waals surface area contributed by atoms with Crippen LogP contribution in [-0.2, 0) is 9.47 Å². The van der Waals surface area contributed by atoms with Gasteiger partial charge >= 0.3 is 6.16 Å². The van der Waals surface area contributed by atoms with E-state index in [0.29, 0.717) is 0 Å². The van der Waals surface area contributed by atoms with E-state index in [-0.39, 0.29) is 12.7 Å². The topological polar surface area (TPSA) is 35.5 Å². The van der Waals surface area contributed by atoms with Crippen molar-refractivity contribution in [3.63, 3.8) is 0 Å². The fourth-order valence-electron chi connectivity index (χ4n) is 0.348. The molecule has 0 aromatic carbocycles. The smallest absolute Gasteiger partial charge is 0.432 e. The molecule has 0 aliphatic heterocycles. The van der Waals surface area contributed by atoms with Gasteiger partial charge in [-0.25, -0.2) is 9.18 Å². The largest absolute Gasteiger partial charge is 0.508 e. The summed E-state index contributed by atoms with van der Waals surface area (Å²) in [6.07, 6.45) is -1.03. The molecular formula is C6H11FO3. The third-order valence-corrected chi connectivity index (χ3v) is 0.629. The Morgan fingerprint density at radius 1 is 1.60 bits per heavy atom. The van der Waals surface area contributed by atoms with Crippen LogP contribution in [0.2, 0.25) is 0 Å². The lowest BCUT2D eigenvalue weighted by atomic mass is 10.5. The number of halogens is 1. The molecule has 0 radical (unpaired) electrons. The van der Waals surface area contributed by atoms with E-state index in [0.717, 1.165) is 0 Å². The maximum Gasteiger partial charge on any atom is 0.508 e. The summed E-state index contributed by atoms with van der Waals surface area (Å²) in [5, 5.41) is 0. The van der Waals surface area contributed by atoms with E-state index in [1.54, 1.807) is 13.8 Å². The van der Waals surface area contributed by atoms with Gasteiger partial charge in [0.15, 0.2) is 0 Å². The van der Waals surface area contributed by atoms with Crippen LogP contribution in [0.5, 0.6) is 0 Å². The van der Waals surface area contributed by atoms with E-state index in [9.17, 15) is 9.18 Å². The van der Waals surface area contributed by atoms with Crippen molar-refractivity contribution in [2.45, 2.75) is 20.0 Å². The van der Waals surface area contributed by atoms with Crippen LogP contribution in [0.15, 0.2) is 0 Å². The molecule has 0 saturated heterocycles. The molecule has 0 heterocycles. The van der Waals surface area contributed by atoms with Crippen LogP contribution in [0.3, 0.4) is 0 Å². The fraction of sp³-hybridized carbons (Fsp3) is 0.833. The Balaban J connectivity index is 3.26. The van der Waals surface area contributed by atoms with Crippen LogP contribution in [0.25, 0.3) is 0 Å². The predicted octanol–water partition coefficient (Wildman–Crippen LogP) is 1.52. The van der Waals surface area contributed by atoms with Gasteiger partial charge in [-0.2, -0.15) is 0 Å². The molecule has 0 atom stereocenters. The molecular weight excluding hydrogens is 139 g/mol. The molecule has 0 N–H and O–H groups in total. The van der Waals surface area contributed by atoms with Crippen molar-refractivity contribution in [3.8, 4) is 0 Å². The van der Waals surface area contributed by atoms with Gasteiger partial charge in [-0.05, 0) is 13.8 Å². The Morgan fingerprint density at radius 2 is 2.20 bits per heavy atom. The van der Waals surface area contributed by atoms with Crippen LogP contribution >= 0.6 is 0 Å². The normalized spacial score (nSPS) is 9.60. The van der Waals surface area contributed by atoms with Crippen molar-refractivity contribution >= 4 is 6.16 Å². The lowest BCUT2D eigenvalue weighted by Crippen LogP contribution is -2.14. The summed E-state index contributed by atoms with van der Waals surface area (Å²) in [5.74, 6) is 0. The zero-order chi connectivity index (χ0) is 7.98. The van der Waals surface area contributed by atoms with Crippen molar-refractivity contribution in [1.82, 2.24) is 0 Å². The lowest BCUT2D eigenvalue weighted by molar-refractivity contribution is 0.0314. The predicted molar refractivity (Wildman–Crippen MR) is 33.5 cm³/mol. The first kappa shape index (κ1) is 9.20. The minimum atomic E-state index is -0.812. The minimum Gasteiger partial charge on any atom is -0.432 e. The van der Waals surface area contributed by atoms with Crippen molar-refractivity contribution in [3.05, 3.63) is 0 Å². The summed E-state index contributed by atoms with van der Waals surface area (Å²) in [6, 6.07) is 0. The van der Waals surface area contributed by atoms with Crippen LogP contribution in [0.1, 0.15) is 13.8 Å². The summed E-state index contributed by atoms with van der Waals surface area (Å²) < 4.78 is 20.1. The van der Waals surface area contributed by atoms with Gasteiger partial charge in [-0.1, -0.05) is 0 Å². The Kier molecular flexibility index (Phi) is 4.62. The zero-order valence-corrected chi connectivity index (χ0v) is 6.09. The van der Waals surface area contributed by atoms with Gasteiger partial charge in [-0.15, -0.1) is 0 Å². The zero-order valence-electron chi connectivity index (χ0n) is 6.09. The summed E-state index contributed by atoms with van der Waals surface area (Å²) in [5.41, 5.74) is 0. The first-order valence-corrected chi connectivity index (χ1v) is 3.06. The van der Waals surface area contributed by atoms with E-state index < -0.39 is 12.8 Å². The third-order valence-electron chi connectivity index (χ3n) is 0.629. The molecule has 0 fully saturated rings. The first-order valence-electron chi connectivity index (χ1n) is 3.06. The quantitative estimate of drug-likeness (QED) is 0.572. The van der Waals surface area contributed by atoms with Crippen LogP contribution in [-0.4, -0.2) is 25.5 Å². The molecule has 0 aromatic rings. The second-order valence-electron chi connectivity index (χ2n) is 1.95. The monoisotopic (exact) mass is 150 g/mol. The molecule has 0 unspecified atom stereocenters. The maximum absolute atomic E-state index is 11.4. The van der Waals surface area contributed by atoms with Gasteiger partial charge < -0.3 is 9.47 Å². The van der Waals surface area contributed by atoms with Crippen molar-refractivity contribution in [1.29, 1.82) is 0 Å². The second-order valence-corrected chi connectivity index (χ2v) is 1.95. The number of carbonyl (C=O) groups is 1. The summed E-state index contributed by atoms with van der Waals surface area (Å²) in [6.45, 7) is 2.48. The van der Waals surface area contributed by atoms with Crippen LogP contribution in [0, 0.1) is 0 Å². The Hall–Kier alpha value is -0.800. The average Bonchev–Trinajstić information content (AvgIpc) is 1.82. The highest BCUT2D eigenvalue weighted by atomic mass is 19.1. The molecule has 60 valence electrons. The number of hydrogen-bond acceptors (Lipinski definition) is 3. The van der Waals surface area contributed by atoms with Gasteiger partial charge in [0.05, 0.1) is 6.10 Å². The molecule has 0 amide bonds. The molecule has 0 spiro atoms. The highest BCUT2D eigenvalue weighted by Gasteiger charge is 2.04. The van der Waals surface area contributed by atoms with E-state index in [2.05, 4.69) is 9.47 Å². The summed E-state index contributed by atoms with van der Waals surface area (Å²) >= 11 is 0. The molecule has 4 heteroatoms. The van der Waals surface area contributed by atoms with E-state index >= 15 is 0 Å². The summed E-state index contributed by atoms with van der Waals surface area (Å²) in [4.78, 5) is 10.4. The first-order chi connectivity index (χ1) is 4.66. The lowest BCUT2D eigenvalue weighted by Gasteiger charge is -2.06. The molecule has 0 aromatic heterocycles. The van der Waals surface area contributed by atoms with Crippen LogP contribution in [0.4, 0.5) is 9.18 Å². The number of ether oxygens (including phenoxy) is 2. The van der Waals surface area contributed by atoms with Crippen molar-refractivity contribution < 1.29 is 18.7 Å². The average molecular weight is 150 g/mol. The maximum atomic E-state index is 11.4. The molecule has 0 aliphatic rings. The van der Waals surface area contributed by atoms with E-state index in [1.165, 1.54) is 0 Å². The second kappa shape index (κ2) is 5.02. The minimum absolute atomic E-state index is 0.216. The van der Waals surface area contributed by atoms with Crippen molar-refractivity contribution in [2.75, 3.05) is 13.3 Å². The number of hydrogen-bond donors (Lipinski definition) is 0. The molecule has 10 heavy (non-hydrogen) atoms.